The highest BCUT2D eigenvalue weighted by Gasteiger charge is 2.13. The third-order valence-electron chi connectivity index (χ3n) is 2.91. The number of halogens is 1. The normalized spacial score (nSPS) is 12.4. The van der Waals surface area contributed by atoms with Crippen LogP contribution in [0.3, 0.4) is 0 Å². The van der Waals surface area contributed by atoms with Gasteiger partial charge in [0.2, 0.25) is 0 Å². The first-order valence-electron chi connectivity index (χ1n) is 6.56. The first-order valence-corrected chi connectivity index (χ1v) is 7.38. The number of nitrogens with zero attached hydrogens (tertiary/aromatic N) is 2. The first kappa shape index (κ1) is 14.9. The molecule has 0 fully saturated rings. The van der Waals surface area contributed by atoms with Crippen LogP contribution in [-0.4, -0.2) is 23.9 Å². The van der Waals surface area contributed by atoms with Crippen LogP contribution in [0.15, 0.2) is 18.2 Å². The molecule has 0 bridgehead atoms. The molecule has 1 heterocycles. The van der Waals surface area contributed by atoms with Gasteiger partial charge in [-0.15, -0.1) is 10.2 Å². The second kappa shape index (κ2) is 6.76. The molecule has 0 spiro atoms. The van der Waals surface area contributed by atoms with Gasteiger partial charge in [-0.25, -0.2) is 4.39 Å². The lowest BCUT2D eigenvalue weighted by molar-refractivity contribution is 0.386. The minimum absolute atomic E-state index is 0.157. The number of rotatable bonds is 6. The van der Waals surface area contributed by atoms with Crippen LogP contribution in [0, 0.1) is 5.82 Å². The monoisotopic (exact) mass is 295 g/mol. The Hall–Kier alpha value is -1.53. The molecule has 4 nitrogen and oxygen atoms in total. The molecule has 0 aliphatic rings. The third kappa shape index (κ3) is 3.32. The molecular weight excluding hydrogens is 277 g/mol. The summed E-state index contributed by atoms with van der Waals surface area (Å²) in [6, 6.07) is 4.97. The molecule has 0 aliphatic carbocycles. The van der Waals surface area contributed by atoms with Crippen LogP contribution >= 0.6 is 11.3 Å². The maximum Gasteiger partial charge on any atom is 0.165 e. The fourth-order valence-electron chi connectivity index (χ4n) is 1.77. The van der Waals surface area contributed by atoms with Gasteiger partial charge in [-0.05, 0) is 38.1 Å². The fourth-order valence-corrected chi connectivity index (χ4v) is 2.64. The number of ether oxygens (including phenoxy) is 1. The van der Waals surface area contributed by atoms with Gasteiger partial charge in [0, 0.05) is 5.56 Å². The lowest BCUT2D eigenvalue weighted by atomic mass is 10.2. The van der Waals surface area contributed by atoms with Crippen LogP contribution < -0.4 is 10.1 Å². The van der Waals surface area contributed by atoms with Crippen molar-refractivity contribution in [2.45, 2.75) is 26.3 Å². The van der Waals surface area contributed by atoms with Crippen LogP contribution in [0.2, 0.25) is 0 Å². The summed E-state index contributed by atoms with van der Waals surface area (Å²) in [5.74, 6) is -0.157. The van der Waals surface area contributed by atoms with Crippen LogP contribution in [0.4, 0.5) is 4.39 Å². The van der Waals surface area contributed by atoms with E-state index in [1.807, 2.05) is 0 Å². The van der Waals surface area contributed by atoms with Gasteiger partial charge in [0.1, 0.15) is 10.0 Å². The number of aromatic nitrogens is 2. The molecule has 2 rings (SSSR count). The summed E-state index contributed by atoms with van der Waals surface area (Å²) in [7, 11) is 1.45. The van der Waals surface area contributed by atoms with Crippen LogP contribution in [0.1, 0.15) is 31.3 Å². The van der Waals surface area contributed by atoms with E-state index in [4.69, 9.17) is 4.74 Å². The molecule has 1 aromatic heterocycles. The molecular formula is C14H18FN3OS. The maximum atomic E-state index is 13.7. The summed E-state index contributed by atoms with van der Waals surface area (Å²) in [6.07, 6.45) is 1.07. The molecule has 0 radical (unpaired) electrons. The topological polar surface area (TPSA) is 47.0 Å². The molecule has 0 saturated heterocycles. The minimum atomic E-state index is -0.390. The van der Waals surface area contributed by atoms with Gasteiger partial charge in [0.05, 0.1) is 13.2 Å². The second-order valence-electron chi connectivity index (χ2n) is 4.47. The fraction of sp³-hybridized carbons (Fsp3) is 0.429. The highest BCUT2D eigenvalue weighted by Crippen LogP contribution is 2.29. The molecule has 1 aromatic carbocycles. The van der Waals surface area contributed by atoms with Crippen molar-refractivity contribution in [1.82, 2.24) is 15.5 Å². The standard InChI is InChI=1S/C14H18FN3OS/c1-4-7-16-9(2)13-17-18-14(20-13)10-5-6-12(19-3)11(15)8-10/h5-6,8-9,16H,4,7H2,1-3H3. The lowest BCUT2D eigenvalue weighted by Gasteiger charge is -2.08. The van der Waals surface area contributed by atoms with Crippen molar-refractivity contribution in [3.8, 4) is 16.3 Å². The van der Waals surface area contributed by atoms with Crippen molar-refractivity contribution >= 4 is 11.3 Å². The quantitative estimate of drug-likeness (QED) is 0.887. The van der Waals surface area contributed by atoms with E-state index >= 15 is 0 Å². The number of methoxy groups -OCH3 is 1. The molecule has 6 heteroatoms. The summed E-state index contributed by atoms with van der Waals surface area (Å²) < 4.78 is 18.6. The molecule has 0 amide bonds. The Kier molecular flexibility index (Phi) is 5.03. The summed E-state index contributed by atoms with van der Waals surface area (Å²) in [4.78, 5) is 0. The van der Waals surface area contributed by atoms with Crippen LogP contribution in [-0.2, 0) is 0 Å². The van der Waals surface area contributed by atoms with Crippen LogP contribution in [0.5, 0.6) is 5.75 Å². The number of hydrogen-bond donors (Lipinski definition) is 1. The van der Waals surface area contributed by atoms with Gasteiger partial charge in [0.25, 0.3) is 0 Å². The summed E-state index contributed by atoms with van der Waals surface area (Å²) in [5.41, 5.74) is 0.717. The van der Waals surface area contributed by atoms with E-state index in [1.165, 1.54) is 24.5 Å². The first-order chi connectivity index (χ1) is 9.65. The van der Waals surface area contributed by atoms with Crippen molar-refractivity contribution < 1.29 is 9.13 Å². The Morgan fingerprint density at radius 2 is 2.20 bits per heavy atom. The Balaban J connectivity index is 2.18. The SMILES string of the molecule is CCCNC(C)c1nnc(-c2ccc(OC)c(F)c2)s1. The van der Waals surface area contributed by atoms with Gasteiger partial charge in [-0.2, -0.15) is 0 Å². The van der Waals surface area contributed by atoms with E-state index in [-0.39, 0.29) is 17.6 Å². The zero-order chi connectivity index (χ0) is 14.5. The maximum absolute atomic E-state index is 13.7. The molecule has 2 aromatic rings. The molecule has 108 valence electrons. The summed E-state index contributed by atoms with van der Waals surface area (Å²) in [6.45, 7) is 5.10. The Bertz CT molecular complexity index is 573. The minimum Gasteiger partial charge on any atom is -0.494 e. The Morgan fingerprint density at radius 1 is 1.40 bits per heavy atom. The molecule has 20 heavy (non-hydrogen) atoms. The molecule has 1 N–H and O–H groups in total. The number of nitrogens with one attached hydrogen (secondary N) is 1. The van der Waals surface area contributed by atoms with Crippen molar-refractivity contribution in [2.75, 3.05) is 13.7 Å². The van der Waals surface area contributed by atoms with E-state index in [2.05, 4.69) is 29.4 Å². The van der Waals surface area contributed by atoms with Gasteiger partial charge >= 0.3 is 0 Å². The summed E-state index contributed by atoms with van der Waals surface area (Å²) in [5, 5.41) is 13.3. The zero-order valence-electron chi connectivity index (χ0n) is 11.8. The smallest absolute Gasteiger partial charge is 0.165 e. The molecule has 0 saturated carbocycles. The Labute approximate surface area is 122 Å². The van der Waals surface area contributed by atoms with Crippen LogP contribution in [0.25, 0.3) is 10.6 Å². The van der Waals surface area contributed by atoms with E-state index in [1.54, 1.807) is 12.1 Å². The lowest BCUT2D eigenvalue weighted by Crippen LogP contribution is -2.18. The van der Waals surface area contributed by atoms with E-state index in [0.717, 1.165) is 23.5 Å². The van der Waals surface area contributed by atoms with E-state index in [0.29, 0.717) is 5.01 Å². The average Bonchev–Trinajstić information content (AvgIpc) is 2.94. The predicted molar refractivity (Wildman–Crippen MR) is 78.6 cm³/mol. The van der Waals surface area contributed by atoms with Gasteiger partial charge < -0.3 is 10.1 Å². The highest BCUT2D eigenvalue weighted by molar-refractivity contribution is 7.14. The van der Waals surface area contributed by atoms with E-state index < -0.39 is 0 Å². The van der Waals surface area contributed by atoms with Gasteiger partial charge in [-0.1, -0.05) is 18.3 Å². The van der Waals surface area contributed by atoms with E-state index in [9.17, 15) is 4.39 Å². The largest absolute Gasteiger partial charge is 0.494 e. The third-order valence-corrected chi connectivity index (χ3v) is 4.07. The van der Waals surface area contributed by atoms with Crippen molar-refractivity contribution in [3.05, 3.63) is 29.0 Å². The molecule has 1 unspecified atom stereocenters. The second-order valence-corrected chi connectivity index (χ2v) is 5.48. The average molecular weight is 295 g/mol. The van der Waals surface area contributed by atoms with Gasteiger partial charge in [-0.3, -0.25) is 0 Å². The predicted octanol–water partition coefficient (Wildman–Crippen LogP) is 3.41. The number of benzene rings is 1. The molecule has 0 aliphatic heterocycles. The highest BCUT2D eigenvalue weighted by atomic mass is 32.1. The zero-order valence-corrected chi connectivity index (χ0v) is 12.6. The number of hydrogen-bond acceptors (Lipinski definition) is 5. The molecule has 1 atom stereocenters. The van der Waals surface area contributed by atoms with Crippen molar-refractivity contribution in [1.29, 1.82) is 0 Å². The Morgan fingerprint density at radius 3 is 2.85 bits per heavy atom. The summed E-state index contributed by atoms with van der Waals surface area (Å²) >= 11 is 1.47. The van der Waals surface area contributed by atoms with Crippen molar-refractivity contribution in [3.63, 3.8) is 0 Å². The van der Waals surface area contributed by atoms with Gasteiger partial charge in [0.15, 0.2) is 11.6 Å². The van der Waals surface area contributed by atoms with Crippen molar-refractivity contribution in [2.24, 2.45) is 0 Å².